The van der Waals surface area contributed by atoms with Crippen molar-refractivity contribution < 1.29 is 23.4 Å². The molecule has 1 saturated carbocycles. The van der Waals surface area contributed by atoms with Gasteiger partial charge in [-0.1, -0.05) is 11.6 Å². The minimum Gasteiger partial charge on any atom is -0.449 e. The number of piperazine rings is 1. The second-order valence-electron chi connectivity index (χ2n) is 7.12. The molecule has 7 nitrogen and oxygen atoms in total. The van der Waals surface area contributed by atoms with Gasteiger partial charge in [0.15, 0.2) is 5.75 Å². The highest BCUT2D eigenvalue weighted by Gasteiger charge is 2.41. The molecule has 2 atom stereocenters. The Kier molecular flexibility index (Phi) is 4.67. The summed E-state index contributed by atoms with van der Waals surface area (Å²) in [5.41, 5.74) is -0.460. The maximum Gasteiger partial charge on any atom is 0.511 e. The average molecular weight is 414 g/mol. The van der Waals surface area contributed by atoms with Crippen molar-refractivity contribution in [3.63, 3.8) is 0 Å². The van der Waals surface area contributed by atoms with E-state index in [1.807, 2.05) is 7.05 Å². The zero-order valence-electron chi connectivity index (χ0n) is 15.0. The van der Waals surface area contributed by atoms with Crippen LogP contribution in [0.3, 0.4) is 0 Å². The fourth-order valence-corrected chi connectivity index (χ4v) is 4.00. The first-order valence-corrected chi connectivity index (χ1v) is 9.21. The number of hydrogen-bond acceptors (Lipinski definition) is 5. The Morgan fingerprint density at radius 1 is 1.32 bits per heavy atom. The summed E-state index contributed by atoms with van der Waals surface area (Å²) in [5.74, 6) is -1.20. The summed E-state index contributed by atoms with van der Waals surface area (Å²) in [4.78, 5) is 27.4. The quantitative estimate of drug-likeness (QED) is 0.780. The molecule has 2 heterocycles. The number of anilines is 1. The number of nitrogens with zero attached hydrogens (tertiary/aromatic N) is 3. The van der Waals surface area contributed by atoms with Crippen LogP contribution in [0.5, 0.6) is 5.75 Å². The largest absolute Gasteiger partial charge is 0.511 e. The molecule has 0 radical (unpaired) electrons. The van der Waals surface area contributed by atoms with Gasteiger partial charge in [0.25, 0.3) is 0 Å². The molecule has 4 rings (SSSR count). The lowest BCUT2D eigenvalue weighted by Crippen LogP contribution is -2.45. The molecule has 0 spiro atoms. The Hall–Kier alpha value is -2.39. The second-order valence-corrected chi connectivity index (χ2v) is 7.50. The van der Waals surface area contributed by atoms with E-state index in [9.17, 15) is 18.4 Å². The molecule has 10 heteroatoms. The number of benzene rings is 1. The van der Waals surface area contributed by atoms with Gasteiger partial charge in [-0.15, -0.1) is 0 Å². The van der Waals surface area contributed by atoms with Crippen molar-refractivity contribution in [3.05, 3.63) is 33.3 Å². The fourth-order valence-electron chi connectivity index (χ4n) is 3.59. The number of pyridine rings is 1. The van der Waals surface area contributed by atoms with Crippen molar-refractivity contribution in [3.8, 4) is 5.75 Å². The summed E-state index contributed by atoms with van der Waals surface area (Å²) < 4.78 is 34.7. The molecule has 1 N–H and O–H groups in total. The average Bonchev–Trinajstić information content (AvgIpc) is 3.35. The molecule has 1 aliphatic carbocycles. The highest BCUT2D eigenvalue weighted by molar-refractivity contribution is 6.38. The lowest BCUT2D eigenvalue weighted by molar-refractivity contribution is 0.143. The predicted molar refractivity (Wildman–Crippen MR) is 100 cm³/mol. The topological polar surface area (TPSA) is 75.0 Å². The fraction of sp³-hybridized carbons (Fsp3) is 0.444. The molecule has 1 aromatic carbocycles. The van der Waals surface area contributed by atoms with Crippen LogP contribution in [0.1, 0.15) is 12.5 Å². The maximum absolute atomic E-state index is 14.9. The van der Waals surface area contributed by atoms with Crippen LogP contribution in [-0.4, -0.2) is 60.1 Å². The van der Waals surface area contributed by atoms with Gasteiger partial charge in [0, 0.05) is 32.6 Å². The van der Waals surface area contributed by atoms with Gasteiger partial charge >= 0.3 is 6.16 Å². The molecule has 1 aromatic heterocycles. The van der Waals surface area contributed by atoms with Crippen LogP contribution in [0.15, 0.2) is 17.1 Å². The Balaban J connectivity index is 1.93. The van der Waals surface area contributed by atoms with Crippen molar-refractivity contribution >= 4 is 34.3 Å². The number of alkyl halides is 1. The molecule has 0 amide bonds. The summed E-state index contributed by atoms with van der Waals surface area (Å²) in [6.45, 7) is 2.55. The van der Waals surface area contributed by atoms with E-state index in [0.29, 0.717) is 13.1 Å². The molecule has 1 aliphatic heterocycles. The first-order chi connectivity index (χ1) is 13.3. The molecule has 28 heavy (non-hydrogen) atoms. The van der Waals surface area contributed by atoms with Crippen LogP contribution in [0.4, 0.5) is 19.3 Å². The normalized spacial score (nSPS) is 22.5. The molecule has 1 saturated heterocycles. The van der Waals surface area contributed by atoms with Gasteiger partial charge < -0.3 is 24.2 Å². The van der Waals surface area contributed by atoms with Gasteiger partial charge in [-0.3, -0.25) is 4.79 Å². The van der Waals surface area contributed by atoms with Crippen LogP contribution in [-0.2, 0) is 0 Å². The minimum atomic E-state index is -1.68. The summed E-state index contributed by atoms with van der Waals surface area (Å²) in [6.07, 6.45) is -1.50. The first-order valence-electron chi connectivity index (χ1n) is 8.83. The minimum absolute atomic E-state index is 0.0117. The lowest BCUT2D eigenvalue weighted by atomic mass is 10.1. The van der Waals surface area contributed by atoms with E-state index in [0.717, 1.165) is 25.4 Å². The third-order valence-corrected chi connectivity index (χ3v) is 5.56. The maximum atomic E-state index is 14.9. The summed E-state index contributed by atoms with van der Waals surface area (Å²) >= 11 is 6.54. The molecular formula is C18H18ClF2N3O4. The van der Waals surface area contributed by atoms with Crippen LogP contribution < -0.4 is 15.1 Å². The Morgan fingerprint density at radius 2 is 1.96 bits per heavy atom. The van der Waals surface area contributed by atoms with E-state index < -0.39 is 35.4 Å². The van der Waals surface area contributed by atoms with Crippen molar-refractivity contribution in [1.82, 2.24) is 9.47 Å². The van der Waals surface area contributed by atoms with Gasteiger partial charge in [-0.2, -0.15) is 0 Å². The smallest absolute Gasteiger partial charge is 0.449 e. The van der Waals surface area contributed by atoms with Gasteiger partial charge in [0.05, 0.1) is 33.9 Å². The zero-order valence-corrected chi connectivity index (χ0v) is 15.7. The number of fused-ring (bicyclic) bond motifs is 1. The summed E-state index contributed by atoms with van der Waals surface area (Å²) in [6, 6.07) is 0.417. The van der Waals surface area contributed by atoms with Crippen LogP contribution >= 0.6 is 11.6 Å². The van der Waals surface area contributed by atoms with Crippen LogP contribution in [0, 0.1) is 5.82 Å². The van der Waals surface area contributed by atoms with Gasteiger partial charge in [0.2, 0.25) is 5.43 Å². The third kappa shape index (κ3) is 3.18. The lowest BCUT2D eigenvalue weighted by Gasteiger charge is -2.35. The van der Waals surface area contributed by atoms with E-state index in [1.165, 1.54) is 4.57 Å². The van der Waals surface area contributed by atoms with Crippen molar-refractivity contribution in [1.29, 1.82) is 0 Å². The Morgan fingerprint density at radius 3 is 2.54 bits per heavy atom. The number of aromatic nitrogens is 1. The Bertz CT molecular complexity index is 1020. The molecule has 2 fully saturated rings. The zero-order chi connectivity index (χ0) is 20.2. The number of ether oxygens (including phenoxy) is 1. The van der Waals surface area contributed by atoms with Gasteiger partial charge in [-0.25, -0.2) is 13.6 Å². The van der Waals surface area contributed by atoms with Gasteiger partial charge in [0.1, 0.15) is 12.0 Å². The number of halogens is 3. The number of rotatable bonds is 3. The van der Waals surface area contributed by atoms with Crippen LogP contribution in [0.2, 0.25) is 5.02 Å². The van der Waals surface area contributed by atoms with Crippen molar-refractivity contribution in [2.75, 3.05) is 38.1 Å². The summed E-state index contributed by atoms with van der Waals surface area (Å²) in [7, 11) is 1.96. The molecule has 0 bridgehead atoms. The van der Waals surface area contributed by atoms with E-state index >= 15 is 0 Å². The van der Waals surface area contributed by atoms with E-state index in [4.69, 9.17) is 16.7 Å². The highest BCUT2D eigenvalue weighted by Crippen LogP contribution is 2.44. The third-order valence-electron chi connectivity index (χ3n) is 5.21. The predicted octanol–water partition coefficient (Wildman–Crippen LogP) is 2.89. The van der Waals surface area contributed by atoms with Gasteiger partial charge in [-0.05, 0) is 13.1 Å². The first kappa shape index (κ1) is 18.9. The monoisotopic (exact) mass is 413 g/mol. The van der Waals surface area contributed by atoms with Crippen LogP contribution in [0.25, 0.3) is 10.9 Å². The summed E-state index contributed by atoms with van der Waals surface area (Å²) in [5, 5.41) is 8.72. The molecule has 2 unspecified atom stereocenters. The van der Waals surface area contributed by atoms with E-state index in [1.54, 1.807) is 4.90 Å². The standard InChI is InChI=1S/C18H18ClF2N3O4/c1-22-2-4-23(5-3-22)16-11(21)6-9-15(14(16)19)24(12-7-10(12)20)8-13(17(9)25)28-18(26)27/h6,8,10,12H,2-5,7H2,1H3,(H,26,27). The number of carboxylic acid groups (broad SMARTS) is 1. The van der Waals surface area contributed by atoms with Crippen molar-refractivity contribution in [2.45, 2.75) is 18.6 Å². The molecule has 150 valence electrons. The molecule has 2 aromatic rings. The van der Waals surface area contributed by atoms with E-state index in [-0.39, 0.29) is 28.0 Å². The SMILES string of the molecule is CN1CCN(c2c(F)cc3c(=O)c(OC(=O)O)cn(C4CC4F)c3c2Cl)CC1. The number of carbonyl (C=O) groups is 1. The second kappa shape index (κ2) is 6.89. The van der Waals surface area contributed by atoms with E-state index in [2.05, 4.69) is 9.64 Å². The molecular weight excluding hydrogens is 396 g/mol. The molecule has 2 aliphatic rings. The number of likely N-dealkylation sites (N-methyl/N-ethyl adjacent to an activating group) is 1. The highest BCUT2D eigenvalue weighted by atomic mass is 35.5. The Labute approximate surface area is 163 Å². The van der Waals surface area contributed by atoms with Crippen molar-refractivity contribution in [2.24, 2.45) is 0 Å². The number of hydrogen-bond donors (Lipinski definition) is 1.